The van der Waals surface area contributed by atoms with Crippen molar-refractivity contribution in [1.82, 2.24) is 0 Å². The van der Waals surface area contributed by atoms with Gasteiger partial charge in [-0.3, -0.25) is 37.3 Å². The second-order valence-electron chi connectivity index (χ2n) is 21.9. The number of aliphatic hydroxyl groups excluding tert-OH is 1. The van der Waals surface area contributed by atoms with Crippen LogP contribution in [0.3, 0.4) is 0 Å². The van der Waals surface area contributed by atoms with E-state index in [1.54, 1.807) is 0 Å². The molecule has 2 unspecified atom stereocenters. The van der Waals surface area contributed by atoms with Crippen LogP contribution < -0.4 is 0 Å². The summed E-state index contributed by atoms with van der Waals surface area (Å²) in [4.78, 5) is 71.8. The Morgan fingerprint density at radius 2 is 0.590 bits per heavy atom. The van der Waals surface area contributed by atoms with Crippen molar-refractivity contribution in [3.05, 3.63) is 0 Å². The van der Waals surface area contributed by atoms with Gasteiger partial charge in [0.05, 0.1) is 26.4 Å². The Morgan fingerprint density at radius 3 is 0.872 bits per heavy atom. The maximum absolute atomic E-state index is 12.9. The smallest absolute Gasteiger partial charge is 0.462 e. The van der Waals surface area contributed by atoms with E-state index in [2.05, 4.69) is 34.6 Å². The van der Waals surface area contributed by atoms with Gasteiger partial charge in [0.1, 0.15) is 19.3 Å². The van der Waals surface area contributed by atoms with Crippen LogP contribution in [0.2, 0.25) is 0 Å². The van der Waals surface area contributed by atoms with E-state index in [1.165, 1.54) is 116 Å². The Kier molecular flexibility index (Phi) is 51.8. The van der Waals surface area contributed by atoms with Crippen molar-refractivity contribution < 1.29 is 80.2 Å². The van der Waals surface area contributed by atoms with E-state index < -0.39 is 97.5 Å². The molecule has 17 nitrogen and oxygen atoms in total. The van der Waals surface area contributed by atoms with E-state index in [0.717, 1.165) is 95.8 Å². The van der Waals surface area contributed by atoms with Crippen LogP contribution in [0.25, 0.3) is 0 Å². The van der Waals surface area contributed by atoms with Crippen LogP contribution >= 0.6 is 15.6 Å². The average molecular weight is 1160 g/mol. The number of carbonyl (C=O) groups is 4. The van der Waals surface area contributed by atoms with Crippen molar-refractivity contribution in [3.63, 3.8) is 0 Å². The molecule has 0 aliphatic rings. The average Bonchev–Trinajstić information content (AvgIpc) is 3.40. The van der Waals surface area contributed by atoms with Crippen molar-refractivity contribution in [2.45, 2.75) is 310 Å². The van der Waals surface area contributed by atoms with Crippen LogP contribution in [-0.2, 0) is 65.4 Å². The summed E-state index contributed by atoms with van der Waals surface area (Å²) in [6, 6.07) is 0. The third-order valence-corrected chi connectivity index (χ3v) is 15.4. The zero-order chi connectivity index (χ0) is 57.8. The molecule has 5 atom stereocenters. The molecule has 0 fully saturated rings. The first-order valence-corrected chi connectivity index (χ1v) is 34.1. The van der Waals surface area contributed by atoms with Gasteiger partial charge >= 0.3 is 39.5 Å². The van der Waals surface area contributed by atoms with Gasteiger partial charge in [0.25, 0.3) is 0 Å². The first-order valence-electron chi connectivity index (χ1n) is 31.1. The molecule has 0 amide bonds. The number of ether oxygens (including phenoxy) is 4. The van der Waals surface area contributed by atoms with E-state index in [0.29, 0.717) is 25.7 Å². The highest BCUT2D eigenvalue weighted by atomic mass is 31.2. The molecule has 462 valence electrons. The zero-order valence-corrected chi connectivity index (χ0v) is 51.6. The Bertz CT molecular complexity index is 1530. The lowest BCUT2D eigenvalue weighted by Gasteiger charge is -2.21. The summed E-state index contributed by atoms with van der Waals surface area (Å²) in [5.41, 5.74) is 0. The molecule has 0 spiro atoms. The summed E-state index contributed by atoms with van der Waals surface area (Å²) in [5.74, 6) is -1.43. The van der Waals surface area contributed by atoms with Crippen molar-refractivity contribution in [1.29, 1.82) is 0 Å². The molecule has 0 aromatic carbocycles. The maximum Gasteiger partial charge on any atom is 0.472 e. The standard InChI is InChI=1S/C59H114O17P2/c1-6-9-12-15-18-21-27-32-37-42-56(61)69-48-54(75-58(63)44-39-34-29-23-20-17-14-11-8-3)50-73-77(65,66)71-46-53(60)47-72-78(67,68)74-51-55(49-70-57(62)43-38-33-28-22-19-16-13-10-7-2)76-59(64)45-40-35-30-25-24-26-31-36-41-52(4)5/h52-55,60H,6-51H2,1-5H3,(H,65,66)(H,67,68)/t53-,54+,55+/m0/s1. The first kappa shape index (κ1) is 76.1. The molecular formula is C59H114O17P2. The predicted molar refractivity (Wildman–Crippen MR) is 308 cm³/mol. The number of hydrogen-bond acceptors (Lipinski definition) is 15. The lowest BCUT2D eigenvalue weighted by atomic mass is 10.0. The molecule has 0 radical (unpaired) electrons. The van der Waals surface area contributed by atoms with Gasteiger partial charge in [-0.1, -0.05) is 240 Å². The lowest BCUT2D eigenvalue weighted by molar-refractivity contribution is -0.161. The first-order chi connectivity index (χ1) is 37.5. The minimum Gasteiger partial charge on any atom is -0.462 e. The zero-order valence-electron chi connectivity index (χ0n) is 49.8. The number of rotatable bonds is 59. The third kappa shape index (κ3) is 53.4. The highest BCUT2D eigenvalue weighted by Gasteiger charge is 2.30. The molecule has 0 aromatic heterocycles. The minimum absolute atomic E-state index is 0.104. The molecule has 3 N–H and O–H groups in total. The van der Waals surface area contributed by atoms with Crippen molar-refractivity contribution in [2.24, 2.45) is 5.92 Å². The number of esters is 4. The van der Waals surface area contributed by atoms with Crippen LogP contribution in [0, 0.1) is 5.92 Å². The van der Waals surface area contributed by atoms with E-state index in [-0.39, 0.29) is 25.7 Å². The van der Waals surface area contributed by atoms with Gasteiger partial charge in [-0.25, -0.2) is 9.13 Å². The van der Waals surface area contributed by atoms with E-state index in [9.17, 15) is 43.2 Å². The summed E-state index contributed by atoms with van der Waals surface area (Å²) in [7, 11) is -9.87. The van der Waals surface area contributed by atoms with Crippen molar-refractivity contribution in [2.75, 3.05) is 39.6 Å². The van der Waals surface area contributed by atoms with E-state index in [4.69, 9.17) is 37.0 Å². The Labute approximate surface area is 473 Å². The number of phosphoric acid groups is 2. The van der Waals surface area contributed by atoms with E-state index in [1.807, 2.05) is 0 Å². The monoisotopic (exact) mass is 1160 g/mol. The van der Waals surface area contributed by atoms with Gasteiger partial charge in [0.15, 0.2) is 12.2 Å². The van der Waals surface area contributed by atoms with Gasteiger partial charge in [-0.2, -0.15) is 0 Å². The van der Waals surface area contributed by atoms with Crippen LogP contribution in [0.15, 0.2) is 0 Å². The number of phosphoric ester groups is 2. The van der Waals surface area contributed by atoms with Gasteiger partial charge in [0, 0.05) is 25.7 Å². The Balaban J connectivity index is 5.22. The fraction of sp³-hybridized carbons (Fsp3) is 0.932. The second-order valence-corrected chi connectivity index (χ2v) is 24.8. The summed E-state index contributed by atoms with van der Waals surface area (Å²) >= 11 is 0. The molecule has 0 bridgehead atoms. The molecule has 0 aliphatic heterocycles. The van der Waals surface area contributed by atoms with Crippen LogP contribution in [0.5, 0.6) is 0 Å². The largest absolute Gasteiger partial charge is 0.472 e. The van der Waals surface area contributed by atoms with Crippen molar-refractivity contribution >= 4 is 39.5 Å². The molecule has 0 aliphatic carbocycles. The normalized spacial score (nSPS) is 14.4. The Morgan fingerprint density at radius 1 is 0.346 bits per heavy atom. The van der Waals surface area contributed by atoms with Crippen molar-refractivity contribution in [3.8, 4) is 0 Å². The molecule has 78 heavy (non-hydrogen) atoms. The van der Waals surface area contributed by atoms with Crippen LogP contribution in [-0.4, -0.2) is 96.7 Å². The van der Waals surface area contributed by atoms with Crippen LogP contribution in [0.4, 0.5) is 0 Å². The highest BCUT2D eigenvalue weighted by molar-refractivity contribution is 7.47. The molecule has 0 heterocycles. The summed E-state index contributed by atoms with van der Waals surface area (Å²) in [6.45, 7) is 7.07. The SMILES string of the molecule is CCCCCCCCCCCC(=O)OC[C@H](COP(=O)(O)OC[C@H](O)COP(=O)(O)OC[C@@H](COC(=O)CCCCCCCCCCC)OC(=O)CCCCCCCCCCC(C)C)OC(=O)CCCCCCCCCCC. The number of hydrogen-bond donors (Lipinski definition) is 3. The molecule has 0 aromatic rings. The third-order valence-electron chi connectivity index (χ3n) is 13.5. The molecule has 0 saturated carbocycles. The number of unbranched alkanes of at least 4 members (excludes halogenated alkanes) is 31. The second kappa shape index (κ2) is 53.1. The quantitative estimate of drug-likeness (QED) is 0.0222. The summed E-state index contributed by atoms with van der Waals surface area (Å²) in [6.07, 6.45) is 34.8. The predicted octanol–water partition coefficient (Wildman–Crippen LogP) is 15.8. The van der Waals surface area contributed by atoms with E-state index >= 15 is 0 Å². The van der Waals surface area contributed by atoms with Crippen LogP contribution in [0.1, 0.15) is 291 Å². The van der Waals surface area contributed by atoms with Gasteiger partial charge < -0.3 is 33.8 Å². The molecular weight excluding hydrogens is 1040 g/mol. The molecule has 0 rings (SSSR count). The fourth-order valence-corrected chi connectivity index (χ4v) is 10.3. The maximum atomic E-state index is 12.9. The lowest BCUT2D eigenvalue weighted by Crippen LogP contribution is -2.30. The number of carbonyl (C=O) groups excluding carboxylic acids is 4. The van der Waals surface area contributed by atoms with Gasteiger partial charge in [-0.05, 0) is 31.6 Å². The minimum atomic E-state index is -4.94. The number of aliphatic hydroxyl groups is 1. The van der Waals surface area contributed by atoms with Gasteiger partial charge in [-0.15, -0.1) is 0 Å². The highest BCUT2D eigenvalue weighted by Crippen LogP contribution is 2.45. The molecule has 19 heteroatoms. The topological polar surface area (TPSA) is 237 Å². The Hall–Kier alpha value is -1.94. The van der Waals surface area contributed by atoms with Gasteiger partial charge in [0.2, 0.25) is 0 Å². The summed E-state index contributed by atoms with van der Waals surface area (Å²) < 4.78 is 67.7. The molecule has 0 saturated heterocycles. The fourth-order valence-electron chi connectivity index (χ4n) is 8.70. The summed E-state index contributed by atoms with van der Waals surface area (Å²) in [5, 5.41) is 10.5.